The number of halogens is 2. The predicted octanol–water partition coefficient (Wildman–Crippen LogP) is 2.03. The standard InChI is InChI=1S/C13H20ClFN2O3S/c1-3-4-10(8-20-2)17-21(18,19)11-5-9(7-16)13(14)12(15)6-11/h5-6,10,17H,3-4,7-8,16H2,1-2H3. The number of nitrogens with one attached hydrogen (secondary N) is 1. The Hall–Kier alpha value is -0.730. The molecular formula is C13H20ClFN2O3S. The first-order chi connectivity index (χ1) is 9.85. The van der Waals surface area contributed by atoms with Crippen LogP contribution in [0.1, 0.15) is 25.3 Å². The summed E-state index contributed by atoms with van der Waals surface area (Å²) in [5.74, 6) is -0.807. The number of nitrogens with two attached hydrogens (primary N) is 1. The van der Waals surface area contributed by atoms with Crippen LogP contribution < -0.4 is 10.5 Å². The van der Waals surface area contributed by atoms with Crippen LogP contribution in [0.2, 0.25) is 5.02 Å². The molecule has 0 bridgehead atoms. The minimum Gasteiger partial charge on any atom is -0.383 e. The first kappa shape index (κ1) is 18.3. The second-order valence-electron chi connectivity index (χ2n) is 4.64. The van der Waals surface area contributed by atoms with Gasteiger partial charge in [-0.1, -0.05) is 24.9 Å². The van der Waals surface area contributed by atoms with E-state index in [4.69, 9.17) is 22.1 Å². The molecule has 0 radical (unpaired) electrons. The van der Waals surface area contributed by atoms with E-state index in [1.165, 1.54) is 13.2 Å². The number of sulfonamides is 1. The smallest absolute Gasteiger partial charge is 0.241 e. The van der Waals surface area contributed by atoms with Crippen LogP contribution in [-0.4, -0.2) is 28.2 Å². The maximum atomic E-state index is 13.7. The van der Waals surface area contributed by atoms with E-state index in [9.17, 15) is 12.8 Å². The predicted molar refractivity (Wildman–Crippen MR) is 80.2 cm³/mol. The van der Waals surface area contributed by atoms with Crippen LogP contribution in [0.25, 0.3) is 0 Å². The largest absolute Gasteiger partial charge is 0.383 e. The van der Waals surface area contributed by atoms with Gasteiger partial charge in [-0.05, 0) is 24.1 Å². The summed E-state index contributed by atoms with van der Waals surface area (Å²) in [6.45, 7) is 2.13. The molecule has 0 aliphatic carbocycles. The van der Waals surface area contributed by atoms with Crippen LogP contribution in [0, 0.1) is 5.82 Å². The van der Waals surface area contributed by atoms with Gasteiger partial charge in [-0.15, -0.1) is 0 Å². The van der Waals surface area contributed by atoms with Crippen molar-refractivity contribution in [1.29, 1.82) is 0 Å². The van der Waals surface area contributed by atoms with E-state index in [1.807, 2.05) is 6.92 Å². The zero-order valence-electron chi connectivity index (χ0n) is 12.0. The minimum absolute atomic E-state index is 0.0461. The highest BCUT2D eigenvalue weighted by atomic mass is 35.5. The number of benzene rings is 1. The van der Waals surface area contributed by atoms with Crippen molar-refractivity contribution in [2.75, 3.05) is 13.7 Å². The van der Waals surface area contributed by atoms with Crippen molar-refractivity contribution in [3.8, 4) is 0 Å². The van der Waals surface area contributed by atoms with Crippen LogP contribution in [0.15, 0.2) is 17.0 Å². The second kappa shape index (κ2) is 8.05. The molecule has 1 unspecified atom stereocenters. The van der Waals surface area contributed by atoms with Crippen molar-refractivity contribution < 1.29 is 17.5 Å². The zero-order chi connectivity index (χ0) is 16.0. The fourth-order valence-electron chi connectivity index (χ4n) is 1.94. The summed E-state index contributed by atoms with van der Waals surface area (Å²) in [6.07, 6.45) is 1.41. The van der Waals surface area contributed by atoms with Gasteiger partial charge < -0.3 is 10.5 Å². The maximum absolute atomic E-state index is 13.7. The van der Waals surface area contributed by atoms with E-state index in [-0.39, 0.29) is 34.7 Å². The molecule has 8 heteroatoms. The molecule has 1 aromatic carbocycles. The summed E-state index contributed by atoms with van der Waals surface area (Å²) in [5, 5.41) is -0.154. The zero-order valence-corrected chi connectivity index (χ0v) is 13.6. The Labute approximate surface area is 129 Å². The minimum atomic E-state index is -3.86. The fraction of sp³-hybridized carbons (Fsp3) is 0.538. The van der Waals surface area contributed by atoms with Crippen LogP contribution in [0.3, 0.4) is 0 Å². The molecule has 0 saturated heterocycles. The van der Waals surface area contributed by atoms with Gasteiger partial charge in [0.25, 0.3) is 0 Å². The van der Waals surface area contributed by atoms with Gasteiger partial charge in [-0.2, -0.15) is 0 Å². The molecule has 0 saturated carbocycles. The molecule has 5 nitrogen and oxygen atoms in total. The van der Waals surface area contributed by atoms with Gasteiger partial charge in [-0.25, -0.2) is 17.5 Å². The number of hydrogen-bond acceptors (Lipinski definition) is 4. The first-order valence-electron chi connectivity index (χ1n) is 6.55. The molecule has 1 atom stereocenters. The Bertz CT molecular complexity index is 575. The molecule has 0 heterocycles. The molecule has 0 aromatic heterocycles. The van der Waals surface area contributed by atoms with Crippen LogP contribution in [0.4, 0.5) is 4.39 Å². The van der Waals surface area contributed by atoms with Crippen LogP contribution >= 0.6 is 11.6 Å². The molecule has 0 amide bonds. The highest BCUT2D eigenvalue weighted by Gasteiger charge is 2.22. The summed E-state index contributed by atoms with van der Waals surface area (Å²) < 4.78 is 45.8. The first-order valence-corrected chi connectivity index (χ1v) is 8.41. The normalized spacial score (nSPS) is 13.4. The summed E-state index contributed by atoms with van der Waals surface area (Å²) in [7, 11) is -2.37. The number of rotatable bonds is 8. The average molecular weight is 339 g/mol. The monoisotopic (exact) mass is 338 g/mol. The number of ether oxygens (including phenoxy) is 1. The molecule has 0 fully saturated rings. The van der Waals surface area contributed by atoms with Crippen molar-refractivity contribution in [2.45, 2.75) is 37.2 Å². The van der Waals surface area contributed by atoms with E-state index in [1.54, 1.807) is 0 Å². The highest BCUT2D eigenvalue weighted by Crippen LogP contribution is 2.24. The van der Waals surface area contributed by atoms with Gasteiger partial charge in [0.2, 0.25) is 10.0 Å². The Balaban J connectivity index is 3.09. The lowest BCUT2D eigenvalue weighted by Crippen LogP contribution is -2.38. The van der Waals surface area contributed by atoms with Gasteiger partial charge in [0.1, 0.15) is 5.82 Å². The summed E-state index contributed by atoms with van der Waals surface area (Å²) in [4.78, 5) is -0.193. The fourth-order valence-corrected chi connectivity index (χ4v) is 3.44. The van der Waals surface area contributed by atoms with E-state index in [0.717, 1.165) is 12.5 Å². The summed E-state index contributed by atoms with van der Waals surface area (Å²) in [6, 6.07) is 1.80. The Morgan fingerprint density at radius 2 is 2.14 bits per heavy atom. The average Bonchev–Trinajstić information content (AvgIpc) is 2.41. The third-order valence-electron chi connectivity index (χ3n) is 2.93. The SMILES string of the molecule is CCCC(COC)NS(=O)(=O)c1cc(F)c(Cl)c(CN)c1. The molecule has 21 heavy (non-hydrogen) atoms. The second-order valence-corrected chi connectivity index (χ2v) is 6.74. The summed E-state index contributed by atoms with van der Waals surface area (Å²) in [5.41, 5.74) is 5.69. The lowest BCUT2D eigenvalue weighted by Gasteiger charge is -2.18. The van der Waals surface area contributed by atoms with Crippen molar-refractivity contribution in [1.82, 2.24) is 4.72 Å². The molecule has 0 spiro atoms. The molecule has 3 N–H and O–H groups in total. The van der Waals surface area contributed by atoms with E-state index in [0.29, 0.717) is 6.42 Å². The third-order valence-corrected chi connectivity index (χ3v) is 4.86. The van der Waals surface area contributed by atoms with Gasteiger partial charge >= 0.3 is 0 Å². The number of methoxy groups -OCH3 is 1. The van der Waals surface area contributed by atoms with Crippen molar-refractivity contribution in [3.05, 3.63) is 28.5 Å². The molecule has 1 rings (SSSR count). The van der Waals surface area contributed by atoms with Crippen molar-refractivity contribution in [3.63, 3.8) is 0 Å². The van der Waals surface area contributed by atoms with Crippen molar-refractivity contribution >= 4 is 21.6 Å². The topological polar surface area (TPSA) is 81.4 Å². The third kappa shape index (κ3) is 4.89. The van der Waals surface area contributed by atoms with Gasteiger partial charge in [0, 0.05) is 19.7 Å². The van der Waals surface area contributed by atoms with Crippen molar-refractivity contribution in [2.24, 2.45) is 5.73 Å². The molecule has 0 aliphatic heterocycles. The Morgan fingerprint density at radius 1 is 1.48 bits per heavy atom. The van der Waals surface area contributed by atoms with Gasteiger partial charge in [0.15, 0.2) is 0 Å². The van der Waals surface area contributed by atoms with Crippen LogP contribution in [0.5, 0.6) is 0 Å². The Kier molecular flexibility index (Phi) is 7.02. The molecular weight excluding hydrogens is 319 g/mol. The molecule has 1 aromatic rings. The van der Waals surface area contributed by atoms with E-state index < -0.39 is 15.8 Å². The van der Waals surface area contributed by atoms with E-state index in [2.05, 4.69) is 4.72 Å². The van der Waals surface area contributed by atoms with Gasteiger partial charge in [-0.3, -0.25) is 0 Å². The highest BCUT2D eigenvalue weighted by molar-refractivity contribution is 7.89. The van der Waals surface area contributed by atoms with Crippen LogP contribution in [-0.2, 0) is 21.3 Å². The maximum Gasteiger partial charge on any atom is 0.241 e. The summed E-state index contributed by atoms with van der Waals surface area (Å²) >= 11 is 5.73. The quantitative estimate of drug-likeness (QED) is 0.760. The Morgan fingerprint density at radius 3 is 2.67 bits per heavy atom. The lowest BCUT2D eigenvalue weighted by atomic mass is 10.2. The molecule has 0 aliphatic rings. The lowest BCUT2D eigenvalue weighted by molar-refractivity contribution is 0.171. The molecule has 120 valence electrons. The van der Waals surface area contributed by atoms with E-state index >= 15 is 0 Å². The van der Waals surface area contributed by atoms with Gasteiger partial charge in [0.05, 0.1) is 16.5 Å². The number of hydrogen-bond donors (Lipinski definition) is 2.